The first-order valence-electron chi connectivity index (χ1n) is 21.1. The molecule has 0 saturated heterocycles. The highest BCUT2D eigenvalue weighted by Crippen LogP contribution is 2.46. The molecular formula is C54H31B2N3O2. The zero-order valence-corrected chi connectivity index (χ0v) is 32.7. The van der Waals surface area contributed by atoms with Crippen molar-refractivity contribution in [1.82, 2.24) is 9.13 Å². The number of benzene rings is 9. The molecule has 4 aliphatic rings. The summed E-state index contributed by atoms with van der Waals surface area (Å²) < 4.78 is 19.0. The standard InChI is InChI=1S/C54H31B2N3O2/c1-2-14-32(15-3-1)57(33-28-45-51-49(30-33)60-47-26-10-6-20-39(47)55(51)41-22-12-18-37-35-16-4-8-24-43(35)58(45)53(37)41)34-29-46-52-50(31-34)61-48-27-11-7-21-40(48)56(52)42-23-13-19-38-36-17-5-9-25-44(36)59(46)54(38)42/h1-31H. The van der Waals surface area contributed by atoms with E-state index in [1.54, 1.807) is 0 Å². The van der Waals surface area contributed by atoms with Gasteiger partial charge in [0.15, 0.2) is 0 Å². The van der Waals surface area contributed by atoms with Gasteiger partial charge in [-0.15, -0.1) is 0 Å². The van der Waals surface area contributed by atoms with E-state index < -0.39 is 0 Å². The van der Waals surface area contributed by atoms with E-state index in [1.165, 1.54) is 76.4 Å². The summed E-state index contributed by atoms with van der Waals surface area (Å²) in [4.78, 5) is 2.39. The van der Waals surface area contributed by atoms with Gasteiger partial charge in [-0.2, -0.15) is 0 Å². The summed E-state index contributed by atoms with van der Waals surface area (Å²) in [6, 6.07) is 68.4. The summed E-state index contributed by atoms with van der Waals surface area (Å²) in [6.45, 7) is 0.0515. The van der Waals surface area contributed by atoms with Crippen molar-refractivity contribution < 1.29 is 9.47 Å². The van der Waals surface area contributed by atoms with Crippen LogP contribution in [0.25, 0.3) is 55.0 Å². The number of aromatic nitrogens is 2. The molecule has 0 unspecified atom stereocenters. The minimum Gasteiger partial charge on any atom is -0.458 e. The highest BCUT2D eigenvalue weighted by atomic mass is 16.5. The third-order valence-electron chi connectivity index (χ3n) is 13.8. The second-order valence-corrected chi connectivity index (χ2v) is 16.8. The van der Waals surface area contributed by atoms with Gasteiger partial charge < -0.3 is 23.5 Å². The Kier molecular flexibility index (Phi) is 6.00. The number of hydrogen-bond acceptors (Lipinski definition) is 3. The van der Waals surface area contributed by atoms with Gasteiger partial charge in [0.05, 0.1) is 22.4 Å². The number of nitrogens with zero attached hydrogens (tertiary/aromatic N) is 3. The van der Waals surface area contributed by atoms with E-state index in [1.807, 2.05) is 0 Å². The Bertz CT molecular complexity index is 3530. The van der Waals surface area contributed by atoms with Gasteiger partial charge in [0.1, 0.15) is 23.0 Å². The predicted molar refractivity (Wildman–Crippen MR) is 252 cm³/mol. The Morgan fingerprint density at radius 2 is 0.770 bits per heavy atom. The zero-order valence-electron chi connectivity index (χ0n) is 32.7. The van der Waals surface area contributed by atoms with Crippen molar-refractivity contribution in [2.45, 2.75) is 0 Å². The molecule has 2 aromatic heterocycles. The van der Waals surface area contributed by atoms with Crippen LogP contribution in [0.2, 0.25) is 0 Å². The fourth-order valence-electron chi connectivity index (χ4n) is 11.5. The first kappa shape index (κ1) is 32.0. The largest absolute Gasteiger partial charge is 0.458 e. The van der Waals surface area contributed by atoms with Gasteiger partial charge in [0.2, 0.25) is 0 Å². The smallest absolute Gasteiger partial charge is 0.256 e. The number of hydrogen-bond donors (Lipinski definition) is 0. The Hall–Kier alpha value is -7.89. The van der Waals surface area contributed by atoms with Gasteiger partial charge in [-0.25, -0.2) is 0 Å². The van der Waals surface area contributed by atoms with Crippen LogP contribution in [0.3, 0.4) is 0 Å². The first-order valence-corrected chi connectivity index (χ1v) is 21.1. The van der Waals surface area contributed by atoms with Crippen LogP contribution in [0, 0.1) is 0 Å². The van der Waals surface area contributed by atoms with E-state index in [4.69, 9.17) is 9.47 Å². The van der Waals surface area contributed by atoms with E-state index in [-0.39, 0.29) is 13.4 Å². The van der Waals surface area contributed by atoms with E-state index in [2.05, 4.69) is 202 Å². The SMILES string of the molecule is c1ccc(N(c2cc3c4c(c2)-n2c5ccccc5c5cccc(c52)B4c2ccccc2O3)c2cc3c4c(c2)-n2c5ccccc5c5cccc(c52)B4c2ccccc2O3)cc1. The Balaban J connectivity index is 1.05. The molecule has 4 aliphatic heterocycles. The number of fused-ring (bicyclic) bond motifs is 14. The third kappa shape index (κ3) is 4.03. The third-order valence-corrected chi connectivity index (χ3v) is 13.8. The number of anilines is 3. The van der Waals surface area contributed by atoms with Crippen LogP contribution in [0.15, 0.2) is 188 Å². The molecule has 11 aromatic rings. The van der Waals surface area contributed by atoms with Gasteiger partial charge in [-0.05, 0) is 81.3 Å². The van der Waals surface area contributed by atoms with Crippen LogP contribution in [-0.2, 0) is 0 Å². The summed E-state index contributed by atoms with van der Waals surface area (Å²) in [5.41, 5.74) is 17.6. The molecule has 0 N–H and O–H groups in total. The molecule has 5 nitrogen and oxygen atoms in total. The van der Waals surface area contributed by atoms with Gasteiger partial charge in [-0.3, -0.25) is 0 Å². The molecule has 0 saturated carbocycles. The molecule has 61 heavy (non-hydrogen) atoms. The van der Waals surface area contributed by atoms with Gasteiger partial charge in [-0.1, -0.05) is 127 Å². The molecule has 9 aromatic carbocycles. The van der Waals surface area contributed by atoms with Crippen molar-refractivity contribution >= 4 is 107 Å². The van der Waals surface area contributed by atoms with Gasteiger partial charge in [0, 0.05) is 61.8 Å². The molecule has 280 valence electrons. The summed E-state index contributed by atoms with van der Waals surface area (Å²) in [7, 11) is 0. The fraction of sp³-hybridized carbons (Fsp3) is 0. The number of ether oxygens (including phenoxy) is 2. The lowest BCUT2D eigenvalue weighted by atomic mass is 9.34. The van der Waals surface area contributed by atoms with Gasteiger partial charge >= 0.3 is 0 Å². The number of para-hydroxylation sites is 7. The van der Waals surface area contributed by atoms with Crippen LogP contribution >= 0.6 is 0 Å². The van der Waals surface area contributed by atoms with E-state index in [0.717, 1.165) is 51.4 Å². The first-order chi connectivity index (χ1) is 30.3. The van der Waals surface area contributed by atoms with Crippen molar-refractivity contribution in [3.8, 4) is 34.4 Å². The van der Waals surface area contributed by atoms with Crippen LogP contribution < -0.4 is 47.2 Å². The van der Waals surface area contributed by atoms with Crippen LogP contribution in [0.1, 0.15) is 0 Å². The molecule has 0 fully saturated rings. The maximum atomic E-state index is 7.03. The summed E-state index contributed by atoms with van der Waals surface area (Å²) in [6.07, 6.45) is 0. The quantitative estimate of drug-likeness (QED) is 0.168. The number of rotatable bonds is 3. The molecule has 0 atom stereocenters. The van der Waals surface area contributed by atoms with E-state index in [9.17, 15) is 0 Å². The fourth-order valence-corrected chi connectivity index (χ4v) is 11.5. The predicted octanol–water partition coefficient (Wildman–Crippen LogP) is 9.22. The van der Waals surface area contributed by atoms with Crippen LogP contribution in [-0.4, -0.2) is 22.6 Å². The van der Waals surface area contributed by atoms with Crippen molar-refractivity contribution in [1.29, 1.82) is 0 Å². The molecule has 6 heterocycles. The molecule has 0 amide bonds. The van der Waals surface area contributed by atoms with Crippen molar-refractivity contribution in [2.24, 2.45) is 0 Å². The van der Waals surface area contributed by atoms with Crippen molar-refractivity contribution in [3.05, 3.63) is 188 Å². The summed E-state index contributed by atoms with van der Waals surface area (Å²) in [5, 5.41) is 5.02. The molecule has 7 heteroatoms. The second kappa shape index (κ2) is 11.4. The lowest BCUT2D eigenvalue weighted by Crippen LogP contribution is -2.58. The average Bonchev–Trinajstić information content (AvgIpc) is 3.84. The highest BCUT2D eigenvalue weighted by Gasteiger charge is 2.43. The summed E-state index contributed by atoms with van der Waals surface area (Å²) >= 11 is 0. The normalized spacial score (nSPS) is 13.4. The Labute approximate surface area is 351 Å². The second-order valence-electron chi connectivity index (χ2n) is 16.8. The van der Waals surface area contributed by atoms with Gasteiger partial charge in [0.25, 0.3) is 13.4 Å². The maximum Gasteiger partial charge on any atom is 0.256 e. The molecule has 0 bridgehead atoms. The molecular weight excluding hydrogens is 744 g/mol. The van der Waals surface area contributed by atoms with E-state index in [0.29, 0.717) is 0 Å². The van der Waals surface area contributed by atoms with Crippen molar-refractivity contribution in [3.63, 3.8) is 0 Å². The maximum absolute atomic E-state index is 7.03. The molecule has 0 aliphatic carbocycles. The highest BCUT2D eigenvalue weighted by molar-refractivity contribution is 7.00. The Morgan fingerprint density at radius 3 is 1.30 bits per heavy atom. The van der Waals surface area contributed by atoms with E-state index >= 15 is 0 Å². The van der Waals surface area contributed by atoms with Crippen molar-refractivity contribution in [2.75, 3.05) is 4.90 Å². The Morgan fingerprint density at radius 1 is 0.344 bits per heavy atom. The topological polar surface area (TPSA) is 31.6 Å². The zero-order chi connectivity index (χ0) is 39.5. The molecule has 0 spiro atoms. The minimum atomic E-state index is 0.0257. The average molecular weight is 775 g/mol. The van der Waals surface area contributed by atoms with Crippen LogP contribution in [0.4, 0.5) is 17.1 Å². The minimum absolute atomic E-state index is 0.0257. The lowest BCUT2D eigenvalue weighted by Gasteiger charge is -2.36. The lowest BCUT2D eigenvalue weighted by molar-refractivity contribution is 0.487. The molecule has 0 radical (unpaired) electrons. The molecule has 15 rings (SSSR count). The monoisotopic (exact) mass is 775 g/mol. The van der Waals surface area contributed by atoms with Crippen LogP contribution in [0.5, 0.6) is 23.0 Å². The summed E-state index contributed by atoms with van der Waals surface area (Å²) in [5.74, 6) is 3.53.